The number of anilines is 3. The minimum Gasteiger partial charge on any atom is -0.354 e. The summed E-state index contributed by atoms with van der Waals surface area (Å²) in [5.74, 6) is -0.297. The van der Waals surface area contributed by atoms with E-state index in [1.54, 1.807) is 24.3 Å². The van der Waals surface area contributed by atoms with Gasteiger partial charge in [0, 0.05) is 10.7 Å². The molecule has 154 valence electrons. The minimum absolute atomic E-state index is 0.0387. The summed E-state index contributed by atoms with van der Waals surface area (Å²) in [5, 5.41) is 0.622. The Morgan fingerprint density at radius 3 is 2.27 bits per heavy atom. The van der Waals surface area contributed by atoms with Gasteiger partial charge in [0.05, 0.1) is 29.5 Å². The number of benzene rings is 3. The monoisotopic (exact) mass is 430 g/mol. The van der Waals surface area contributed by atoms with Gasteiger partial charge in [-0.3, -0.25) is 9.69 Å². The molecule has 3 aromatic carbocycles. The van der Waals surface area contributed by atoms with Crippen LogP contribution in [-0.4, -0.2) is 12.5 Å². The molecule has 1 aliphatic heterocycles. The number of para-hydroxylation sites is 2. The molecule has 1 aliphatic rings. The van der Waals surface area contributed by atoms with Gasteiger partial charge in [0.25, 0.3) is 5.91 Å². The molecule has 0 fully saturated rings. The largest absolute Gasteiger partial charge is 0.416 e. The van der Waals surface area contributed by atoms with Gasteiger partial charge in [-0.15, -0.1) is 0 Å². The molecule has 3 nitrogen and oxygen atoms in total. The summed E-state index contributed by atoms with van der Waals surface area (Å²) in [6, 6.07) is 19.3. The zero-order chi connectivity index (χ0) is 21.5. The number of nitrogens with zero attached hydrogens (tertiary/aromatic N) is 2. The van der Waals surface area contributed by atoms with Crippen molar-refractivity contribution < 1.29 is 18.0 Å². The molecule has 0 N–H and O–H groups in total. The van der Waals surface area contributed by atoms with Gasteiger partial charge in [0.1, 0.15) is 0 Å². The predicted octanol–water partition coefficient (Wildman–Crippen LogP) is 6.60. The van der Waals surface area contributed by atoms with Gasteiger partial charge in [-0.1, -0.05) is 41.9 Å². The van der Waals surface area contributed by atoms with E-state index in [9.17, 15) is 18.0 Å². The van der Waals surface area contributed by atoms with Crippen LogP contribution in [0.25, 0.3) is 0 Å². The Kier molecular flexibility index (Phi) is 5.20. The third-order valence-corrected chi connectivity index (χ3v) is 5.49. The number of carbonyl (C=O) groups excluding carboxylic acids is 1. The SMILES string of the molecule is CC(c1ccc(Cl)cc1)N1CC(=O)N(c2cccc(C(F)(F)F)c2)c2ccccc21. The second kappa shape index (κ2) is 7.69. The lowest BCUT2D eigenvalue weighted by atomic mass is 10.0. The molecule has 1 unspecified atom stereocenters. The van der Waals surface area contributed by atoms with Crippen LogP contribution in [0.3, 0.4) is 0 Å². The van der Waals surface area contributed by atoms with Gasteiger partial charge in [0.2, 0.25) is 0 Å². The lowest BCUT2D eigenvalue weighted by Gasteiger charge is -2.40. The Balaban J connectivity index is 1.76. The smallest absolute Gasteiger partial charge is 0.354 e. The van der Waals surface area contributed by atoms with Crippen molar-refractivity contribution in [2.75, 3.05) is 16.3 Å². The van der Waals surface area contributed by atoms with Crippen LogP contribution < -0.4 is 9.80 Å². The van der Waals surface area contributed by atoms with Gasteiger partial charge in [-0.2, -0.15) is 13.2 Å². The number of hydrogen-bond acceptors (Lipinski definition) is 2. The molecule has 7 heteroatoms. The minimum atomic E-state index is -4.48. The Hall–Kier alpha value is -2.99. The number of hydrogen-bond donors (Lipinski definition) is 0. The third kappa shape index (κ3) is 3.75. The molecular weight excluding hydrogens is 413 g/mol. The summed E-state index contributed by atoms with van der Waals surface area (Å²) < 4.78 is 39.6. The number of carbonyl (C=O) groups is 1. The van der Waals surface area contributed by atoms with E-state index in [1.165, 1.54) is 17.0 Å². The van der Waals surface area contributed by atoms with Crippen LogP contribution in [0.1, 0.15) is 24.1 Å². The second-order valence-electron chi connectivity index (χ2n) is 7.12. The van der Waals surface area contributed by atoms with E-state index in [-0.39, 0.29) is 24.2 Å². The molecule has 1 heterocycles. The summed E-state index contributed by atoms with van der Waals surface area (Å²) >= 11 is 5.98. The molecule has 4 rings (SSSR count). The van der Waals surface area contributed by atoms with E-state index in [0.29, 0.717) is 10.7 Å². The van der Waals surface area contributed by atoms with Crippen molar-refractivity contribution in [3.63, 3.8) is 0 Å². The van der Waals surface area contributed by atoms with Gasteiger partial charge in [-0.25, -0.2) is 0 Å². The molecule has 0 radical (unpaired) electrons. The normalized spacial score (nSPS) is 15.2. The maximum atomic E-state index is 13.2. The molecule has 1 atom stereocenters. The van der Waals surface area contributed by atoms with Crippen molar-refractivity contribution in [2.24, 2.45) is 0 Å². The van der Waals surface area contributed by atoms with Crippen LogP contribution in [0.2, 0.25) is 5.02 Å². The summed E-state index contributed by atoms with van der Waals surface area (Å²) in [7, 11) is 0. The van der Waals surface area contributed by atoms with E-state index < -0.39 is 11.7 Å². The predicted molar refractivity (Wildman–Crippen MR) is 112 cm³/mol. The number of rotatable bonds is 3. The first-order chi connectivity index (χ1) is 14.3. The topological polar surface area (TPSA) is 23.6 Å². The summed E-state index contributed by atoms with van der Waals surface area (Å²) in [5.41, 5.74) is 1.71. The first kappa shape index (κ1) is 20.3. The molecule has 3 aromatic rings. The molecule has 30 heavy (non-hydrogen) atoms. The quantitative estimate of drug-likeness (QED) is 0.467. The van der Waals surface area contributed by atoms with Crippen LogP contribution in [0.4, 0.5) is 30.2 Å². The van der Waals surface area contributed by atoms with Gasteiger partial charge < -0.3 is 4.90 Å². The first-order valence-electron chi connectivity index (χ1n) is 9.37. The summed E-state index contributed by atoms with van der Waals surface area (Å²) in [4.78, 5) is 16.4. The number of alkyl halides is 3. The fourth-order valence-electron chi connectivity index (χ4n) is 3.70. The van der Waals surface area contributed by atoms with Crippen molar-refractivity contribution in [1.82, 2.24) is 0 Å². The van der Waals surface area contributed by atoms with Crippen LogP contribution in [0.15, 0.2) is 72.8 Å². The van der Waals surface area contributed by atoms with E-state index >= 15 is 0 Å². The Labute approximate surface area is 177 Å². The number of halogens is 4. The Bertz CT molecular complexity index is 1080. The summed E-state index contributed by atoms with van der Waals surface area (Å²) in [6.07, 6.45) is -4.48. The molecule has 0 spiro atoms. The van der Waals surface area contributed by atoms with Crippen LogP contribution in [0.5, 0.6) is 0 Å². The molecule has 0 bridgehead atoms. The molecule has 0 saturated heterocycles. The van der Waals surface area contributed by atoms with Crippen molar-refractivity contribution in [1.29, 1.82) is 0 Å². The number of fused-ring (bicyclic) bond motifs is 1. The van der Waals surface area contributed by atoms with Crippen LogP contribution >= 0.6 is 11.6 Å². The summed E-state index contributed by atoms with van der Waals surface area (Å²) in [6.45, 7) is 2.02. The van der Waals surface area contributed by atoms with Crippen LogP contribution in [0, 0.1) is 0 Å². The highest BCUT2D eigenvalue weighted by Gasteiger charge is 2.35. The van der Waals surface area contributed by atoms with Crippen molar-refractivity contribution in [2.45, 2.75) is 19.1 Å². The average Bonchev–Trinajstić information content (AvgIpc) is 2.73. The molecular formula is C23H18ClF3N2O. The van der Waals surface area contributed by atoms with E-state index in [4.69, 9.17) is 11.6 Å². The molecule has 0 saturated carbocycles. The highest BCUT2D eigenvalue weighted by Crippen LogP contribution is 2.42. The van der Waals surface area contributed by atoms with E-state index in [0.717, 1.165) is 23.4 Å². The maximum absolute atomic E-state index is 13.2. The van der Waals surface area contributed by atoms with Gasteiger partial charge in [-0.05, 0) is 55.0 Å². The number of amides is 1. The standard InChI is InChI=1S/C23H18ClF3N2O/c1-15(16-9-11-18(24)12-10-16)28-14-22(30)29(21-8-3-2-7-20(21)28)19-6-4-5-17(13-19)23(25,26)27/h2-13,15H,14H2,1H3. The van der Waals surface area contributed by atoms with E-state index in [2.05, 4.69) is 0 Å². The fraction of sp³-hybridized carbons (Fsp3) is 0.174. The highest BCUT2D eigenvalue weighted by atomic mass is 35.5. The lowest BCUT2D eigenvalue weighted by Crippen LogP contribution is -2.44. The second-order valence-corrected chi connectivity index (χ2v) is 7.56. The van der Waals surface area contributed by atoms with Gasteiger partial charge >= 0.3 is 6.18 Å². The fourth-order valence-corrected chi connectivity index (χ4v) is 3.83. The third-order valence-electron chi connectivity index (χ3n) is 5.24. The van der Waals surface area contributed by atoms with Crippen LogP contribution in [-0.2, 0) is 11.0 Å². The average molecular weight is 431 g/mol. The van der Waals surface area contributed by atoms with Crippen molar-refractivity contribution in [3.8, 4) is 0 Å². The Morgan fingerprint density at radius 2 is 1.60 bits per heavy atom. The first-order valence-corrected chi connectivity index (χ1v) is 9.75. The zero-order valence-electron chi connectivity index (χ0n) is 16.0. The van der Waals surface area contributed by atoms with E-state index in [1.807, 2.05) is 36.1 Å². The Morgan fingerprint density at radius 1 is 0.933 bits per heavy atom. The van der Waals surface area contributed by atoms with Crippen molar-refractivity contribution >= 4 is 34.6 Å². The molecule has 0 aromatic heterocycles. The van der Waals surface area contributed by atoms with Crippen molar-refractivity contribution in [3.05, 3.63) is 88.9 Å². The maximum Gasteiger partial charge on any atom is 0.416 e. The molecule has 0 aliphatic carbocycles. The zero-order valence-corrected chi connectivity index (χ0v) is 16.8. The highest BCUT2D eigenvalue weighted by molar-refractivity contribution is 6.30. The lowest BCUT2D eigenvalue weighted by molar-refractivity contribution is -0.137. The van der Waals surface area contributed by atoms with Gasteiger partial charge in [0.15, 0.2) is 0 Å². The molecule has 1 amide bonds.